The Labute approximate surface area is 212 Å². The van der Waals surface area contributed by atoms with Crippen molar-refractivity contribution in [2.75, 3.05) is 16.1 Å². The Balaban J connectivity index is 1.63. The maximum atomic E-state index is 13.2. The Morgan fingerprint density at radius 3 is 2.14 bits per heavy atom. The van der Waals surface area contributed by atoms with Crippen LogP contribution in [-0.2, 0) is 9.59 Å². The van der Waals surface area contributed by atoms with Crippen LogP contribution in [0.3, 0.4) is 0 Å². The molecule has 0 bridgehead atoms. The molecule has 4 aromatic rings. The first-order chi connectivity index (χ1) is 16.6. The van der Waals surface area contributed by atoms with Crippen molar-refractivity contribution < 1.29 is 14.4 Å². The number of carbonyl (C=O) groups is 3. The van der Waals surface area contributed by atoms with Crippen LogP contribution in [0.4, 0.5) is 11.4 Å². The van der Waals surface area contributed by atoms with Gasteiger partial charge in [-0.3, -0.25) is 19.8 Å². The molecule has 1 heterocycles. The van der Waals surface area contributed by atoms with E-state index in [0.29, 0.717) is 32.3 Å². The van der Waals surface area contributed by atoms with Crippen LogP contribution < -0.4 is 16.1 Å². The fourth-order valence-corrected chi connectivity index (χ4v) is 4.09. The second-order valence-electron chi connectivity index (χ2n) is 8.26. The molecule has 3 amide bonds. The Kier molecular flexibility index (Phi) is 6.82. The highest BCUT2D eigenvalue weighted by Gasteiger charge is 2.21. The lowest BCUT2D eigenvalue weighted by Crippen LogP contribution is -2.36. The van der Waals surface area contributed by atoms with Gasteiger partial charge in [-0.05, 0) is 86.0 Å². The summed E-state index contributed by atoms with van der Waals surface area (Å²) in [4.78, 5) is 38.5. The lowest BCUT2D eigenvalue weighted by molar-refractivity contribution is -0.133. The Morgan fingerprint density at radius 2 is 1.46 bits per heavy atom. The van der Waals surface area contributed by atoms with E-state index < -0.39 is 17.7 Å². The average molecular weight is 509 g/mol. The molecule has 178 valence electrons. The third kappa shape index (κ3) is 5.48. The third-order valence-electron chi connectivity index (χ3n) is 5.33. The molecule has 7 nitrogen and oxygen atoms in total. The van der Waals surface area contributed by atoms with Crippen LogP contribution in [-0.4, -0.2) is 22.4 Å². The van der Waals surface area contributed by atoms with Crippen molar-refractivity contribution in [1.82, 2.24) is 4.68 Å². The molecular weight excluding hydrogens is 487 g/mol. The number of aryl methyl sites for hydroxylation is 3. The van der Waals surface area contributed by atoms with Gasteiger partial charge in [0.1, 0.15) is 5.69 Å². The molecule has 1 aromatic heterocycles. The smallest absolute Gasteiger partial charge is 0.321 e. The van der Waals surface area contributed by atoms with E-state index in [-0.39, 0.29) is 5.69 Å². The molecule has 3 N–H and O–H groups in total. The van der Waals surface area contributed by atoms with Crippen LogP contribution in [0.15, 0.2) is 60.7 Å². The zero-order chi connectivity index (χ0) is 25.3. The van der Waals surface area contributed by atoms with Crippen molar-refractivity contribution in [3.63, 3.8) is 0 Å². The predicted molar refractivity (Wildman–Crippen MR) is 140 cm³/mol. The molecule has 0 aliphatic heterocycles. The Bertz CT molecular complexity index is 1470. The number of nitrogens with zero attached hydrogens (tertiary/aromatic N) is 1. The number of aromatic nitrogens is 1. The third-order valence-corrected chi connectivity index (χ3v) is 5.97. The van der Waals surface area contributed by atoms with Crippen LogP contribution in [0.1, 0.15) is 27.2 Å². The molecule has 0 unspecified atom stereocenters. The minimum atomic E-state index is -0.963. The highest BCUT2D eigenvalue weighted by Crippen LogP contribution is 2.24. The standard InChI is InChI=1S/C26H22Cl2N4O3/c1-14-8-15(2)10-20(9-14)30-24(33)23-12-17-11-18(27)5-7-22(17)32(23)31-26(35)25(34)29-19-6-4-16(3)21(28)13-19/h4-13H,1-3H3,(H,29,34)(H,30,33)(H,31,35). The van der Waals surface area contributed by atoms with Gasteiger partial charge < -0.3 is 10.6 Å². The van der Waals surface area contributed by atoms with Crippen molar-refractivity contribution >= 4 is 63.2 Å². The van der Waals surface area contributed by atoms with Gasteiger partial charge in [0, 0.05) is 26.8 Å². The summed E-state index contributed by atoms with van der Waals surface area (Å²) in [6.07, 6.45) is 0. The van der Waals surface area contributed by atoms with Crippen LogP contribution in [0.2, 0.25) is 10.0 Å². The van der Waals surface area contributed by atoms with E-state index >= 15 is 0 Å². The van der Waals surface area contributed by atoms with Crippen molar-refractivity contribution in [1.29, 1.82) is 0 Å². The lowest BCUT2D eigenvalue weighted by Gasteiger charge is -2.13. The number of hydrogen-bond acceptors (Lipinski definition) is 3. The average Bonchev–Trinajstić information content (AvgIpc) is 3.13. The van der Waals surface area contributed by atoms with Crippen molar-refractivity contribution in [3.05, 3.63) is 93.1 Å². The molecule has 0 atom stereocenters. The van der Waals surface area contributed by atoms with Gasteiger partial charge in [0.15, 0.2) is 0 Å². The number of fused-ring (bicyclic) bond motifs is 1. The summed E-state index contributed by atoms with van der Waals surface area (Å²) in [5, 5.41) is 6.91. The Hall–Kier alpha value is -3.81. The van der Waals surface area contributed by atoms with E-state index in [2.05, 4.69) is 16.1 Å². The number of hydrogen-bond donors (Lipinski definition) is 3. The maximum absolute atomic E-state index is 13.2. The van der Waals surface area contributed by atoms with Crippen LogP contribution in [0.25, 0.3) is 10.9 Å². The maximum Gasteiger partial charge on any atom is 0.328 e. The summed E-state index contributed by atoms with van der Waals surface area (Å²) in [6, 6.07) is 17.2. The van der Waals surface area contributed by atoms with Crippen molar-refractivity contribution in [3.8, 4) is 0 Å². The summed E-state index contributed by atoms with van der Waals surface area (Å²) in [5.74, 6) is -2.34. The molecule has 0 aliphatic rings. The molecule has 0 aliphatic carbocycles. The molecule has 4 rings (SSSR count). The van der Waals surface area contributed by atoms with Crippen molar-refractivity contribution in [2.24, 2.45) is 0 Å². The molecule has 0 spiro atoms. The second kappa shape index (κ2) is 9.82. The summed E-state index contributed by atoms with van der Waals surface area (Å²) in [5.41, 5.74) is 6.96. The number of nitrogens with one attached hydrogen (secondary N) is 3. The molecule has 0 radical (unpaired) electrons. The van der Waals surface area contributed by atoms with Gasteiger partial charge in [0.2, 0.25) is 0 Å². The highest BCUT2D eigenvalue weighted by atomic mass is 35.5. The van der Waals surface area contributed by atoms with Gasteiger partial charge in [-0.25, -0.2) is 4.68 Å². The van der Waals surface area contributed by atoms with E-state index in [1.807, 2.05) is 39.0 Å². The first-order valence-corrected chi connectivity index (χ1v) is 11.5. The van der Waals surface area contributed by atoms with Gasteiger partial charge in [-0.2, -0.15) is 0 Å². The molecule has 3 aromatic carbocycles. The molecule has 0 saturated heterocycles. The van der Waals surface area contributed by atoms with Crippen LogP contribution in [0, 0.1) is 20.8 Å². The summed E-state index contributed by atoms with van der Waals surface area (Å²) in [6.45, 7) is 5.69. The van der Waals surface area contributed by atoms with E-state index in [9.17, 15) is 14.4 Å². The van der Waals surface area contributed by atoms with Crippen molar-refractivity contribution in [2.45, 2.75) is 20.8 Å². The highest BCUT2D eigenvalue weighted by molar-refractivity contribution is 6.42. The summed E-state index contributed by atoms with van der Waals surface area (Å²) < 4.78 is 1.27. The molecular formula is C26H22Cl2N4O3. The lowest BCUT2D eigenvalue weighted by atomic mass is 10.1. The van der Waals surface area contributed by atoms with Crippen LogP contribution in [0.5, 0.6) is 0 Å². The number of benzene rings is 3. The SMILES string of the molecule is Cc1cc(C)cc(NC(=O)c2cc3cc(Cl)ccc3n2NC(=O)C(=O)Nc2ccc(C)c(Cl)c2)c1. The number of rotatable bonds is 4. The predicted octanol–water partition coefficient (Wildman–Crippen LogP) is 5.83. The molecule has 35 heavy (non-hydrogen) atoms. The molecule has 0 fully saturated rings. The normalized spacial score (nSPS) is 10.8. The van der Waals surface area contributed by atoms with E-state index in [1.54, 1.807) is 42.5 Å². The fraction of sp³-hybridized carbons (Fsp3) is 0.115. The number of carbonyl (C=O) groups excluding carboxylic acids is 3. The van der Waals surface area contributed by atoms with E-state index in [1.165, 1.54) is 4.68 Å². The monoisotopic (exact) mass is 508 g/mol. The zero-order valence-corrected chi connectivity index (χ0v) is 20.7. The van der Waals surface area contributed by atoms with Gasteiger partial charge in [0.25, 0.3) is 5.91 Å². The van der Waals surface area contributed by atoms with Gasteiger partial charge in [0.05, 0.1) is 5.52 Å². The molecule has 0 saturated carbocycles. The number of halogens is 2. The largest absolute Gasteiger partial charge is 0.328 e. The topological polar surface area (TPSA) is 92.2 Å². The number of amides is 3. The fourth-order valence-electron chi connectivity index (χ4n) is 3.73. The van der Waals surface area contributed by atoms with Crippen LogP contribution >= 0.6 is 23.2 Å². The minimum Gasteiger partial charge on any atom is -0.321 e. The number of anilines is 2. The first-order valence-electron chi connectivity index (χ1n) is 10.7. The first kappa shape index (κ1) is 24.3. The second-order valence-corrected chi connectivity index (χ2v) is 9.10. The quantitative estimate of drug-likeness (QED) is 0.302. The summed E-state index contributed by atoms with van der Waals surface area (Å²) in [7, 11) is 0. The zero-order valence-electron chi connectivity index (χ0n) is 19.2. The van der Waals surface area contributed by atoms with Gasteiger partial charge in [-0.15, -0.1) is 0 Å². The van der Waals surface area contributed by atoms with Gasteiger partial charge in [-0.1, -0.05) is 35.3 Å². The van der Waals surface area contributed by atoms with E-state index in [0.717, 1.165) is 16.7 Å². The van der Waals surface area contributed by atoms with Gasteiger partial charge >= 0.3 is 11.8 Å². The Morgan fingerprint density at radius 1 is 0.743 bits per heavy atom. The molecule has 9 heteroatoms. The van der Waals surface area contributed by atoms with E-state index in [4.69, 9.17) is 23.2 Å². The summed E-state index contributed by atoms with van der Waals surface area (Å²) >= 11 is 12.2. The minimum absolute atomic E-state index is 0.126.